The average molecular weight is 310 g/mol. The summed E-state index contributed by atoms with van der Waals surface area (Å²) < 4.78 is 19.1. The van der Waals surface area contributed by atoms with Crippen LogP contribution in [0, 0.1) is 17.1 Å². The summed E-state index contributed by atoms with van der Waals surface area (Å²) in [5, 5.41) is 11.8. The Morgan fingerprint density at radius 3 is 2.65 bits per heavy atom. The SMILES string of the molecule is CC1(C)OCC(=O)Nc2ccc(-c3ccc(F)c(C#N)c3)cc21. The zero-order chi connectivity index (χ0) is 16.6. The van der Waals surface area contributed by atoms with Crippen molar-refractivity contribution < 1.29 is 13.9 Å². The molecule has 0 fully saturated rings. The lowest BCUT2D eigenvalue weighted by Gasteiger charge is -2.25. The van der Waals surface area contributed by atoms with Crippen LogP contribution < -0.4 is 5.32 Å². The number of hydrogen-bond acceptors (Lipinski definition) is 3. The maximum Gasteiger partial charge on any atom is 0.250 e. The van der Waals surface area contributed by atoms with E-state index in [1.165, 1.54) is 12.1 Å². The summed E-state index contributed by atoms with van der Waals surface area (Å²) in [7, 11) is 0. The number of ether oxygens (including phenoxy) is 1. The van der Waals surface area contributed by atoms with Crippen LogP contribution in [0.15, 0.2) is 36.4 Å². The van der Waals surface area contributed by atoms with Crippen molar-refractivity contribution >= 4 is 11.6 Å². The molecule has 4 nitrogen and oxygen atoms in total. The van der Waals surface area contributed by atoms with E-state index in [4.69, 9.17) is 10.00 Å². The van der Waals surface area contributed by atoms with E-state index >= 15 is 0 Å². The third kappa shape index (κ3) is 2.81. The van der Waals surface area contributed by atoms with Crippen LogP contribution in [0.25, 0.3) is 11.1 Å². The molecular weight excluding hydrogens is 295 g/mol. The summed E-state index contributed by atoms with van der Waals surface area (Å²) >= 11 is 0. The molecule has 1 aliphatic heterocycles. The minimum atomic E-state index is -0.636. The van der Waals surface area contributed by atoms with Gasteiger partial charge in [0, 0.05) is 11.3 Å². The van der Waals surface area contributed by atoms with Gasteiger partial charge in [0.05, 0.1) is 11.2 Å². The Morgan fingerprint density at radius 1 is 1.22 bits per heavy atom. The van der Waals surface area contributed by atoms with Crippen LogP contribution in [0.1, 0.15) is 25.0 Å². The summed E-state index contributed by atoms with van der Waals surface area (Å²) in [6.07, 6.45) is 0. The highest BCUT2D eigenvalue weighted by Crippen LogP contribution is 2.36. The van der Waals surface area contributed by atoms with Gasteiger partial charge in [0.15, 0.2) is 0 Å². The van der Waals surface area contributed by atoms with Gasteiger partial charge in [0.25, 0.3) is 0 Å². The van der Waals surface area contributed by atoms with Gasteiger partial charge in [0.2, 0.25) is 5.91 Å². The first-order chi connectivity index (χ1) is 10.9. The Labute approximate surface area is 133 Å². The van der Waals surface area contributed by atoms with Gasteiger partial charge in [-0.2, -0.15) is 5.26 Å². The molecule has 1 heterocycles. The number of amides is 1. The van der Waals surface area contributed by atoms with E-state index in [9.17, 15) is 9.18 Å². The number of nitriles is 1. The Hall–Kier alpha value is -2.71. The van der Waals surface area contributed by atoms with E-state index in [2.05, 4.69) is 5.32 Å². The van der Waals surface area contributed by atoms with Crippen molar-refractivity contribution in [3.8, 4) is 17.2 Å². The molecule has 0 unspecified atom stereocenters. The minimum absolute atomic E-state index is 0.00116. The molecule has 23 heavy (non-hydrogen) atoms. The van der Waals surface area contributed by atoms with Gasteiger partial charge in [-0.05, 0) is 49.2 Å². The van der Waals surface area contributed by atoms with E-state index in [-0.39, 0.29) is 18.1 Å². The topological polar surface area (TPSA) is 62.1 Å². The van der Waals surface area contributed by atoms with Crippen LogP contribution in [0.2, 0.25) is 0 Å². The average Bonchev–Trinajstić information content (AvgIpc) is 2.64. The van der Waals surface area contributed by atoms with E-state index in [1.54, 1.807) is 12.1 Å². The first-order valence-corrected chi connectivity index (χ1v) is 7.19. The normalized spacial score (nSPS) is 16.0. The van der Waals surface area contributed by atoms with Gasteiger partial charge in [-0.1, -0.05) is 12.1 Å². The molecule has 0 spiro atoms. The number of nitrogens with one attached hydrogen (secondary N) is 1. The molecule has 1 N–H and O–H groups in total. The maximum absolute atomic E-state index is 13.5. The molecule has 0 radical (unpaired) electrons. The van der Waals surface area contributed by atoms with Crippen molar-refractivity contribution in [1.82, 2.24) is 0 Å². The number of benzene rings is 2. The summed E-state index contributed by atoms with van der Waals surface area (Å²) in [4.78, 5) is 11.7. The lowest BCUT2D eigenvalue weighted by atomic mass is 9.92. The Balaban J connectivity index is 2.12. The highest BCUT2D eigenvalue weighted by molar-refractivity contribution is 5.93. The highest BCUT2D eigenvalue weighted by Gasteiger charge is 2.29. The number of nitrogens with zero attached hydrogens (tertiary/aromatic N) is 1. The quantitative estimate of drug-likeness (QED) is 0.876. The van der Waals surface area contributed by atoms with Crippen molar-refractivity contribution in [3.05, 3.63) is 53.3 Å². The highest BCUT2D eigenvalue weighted by atomic mass is 19.1. The largest absolute Gasteiger partial charge is 0.361 e. The summed E-state index contributed by atoms with van der Waals surface area (Å²) in [6.45, 7) is 3.77. The minimum Gasteiger partial charge on any atom is -0.361 e. The van der Waals surface area contributed by atoms with Gasteiger partial charge < -0.3 is 10.1 Å². The van der Waals surface area contributed by atoms with E-state index in [1.807, 2.05) is 32.0 Å². The third-order valence-electron chi connectivity index (χ3n) is 3.93. The molecular formula is C18H15FN2O2. The fourth-order valence-corrected chi connectivity index (χ4v) is 2.63. The molecule has 3 rings (SSSR count). The predicted octanol–water partition coefficient (Wildman–Crippen LogP) is 3.57. The standard InChI is InChI=1S/C18H15FN2O2/c1-18(2)14-8-12(4-6-16(14)21-17(22)10-23-18)11-3-5-15(19)13(7-11)9-20/h3-8H,10H2,1-2H3,(H,21,22). The molecule has 0 aliphatic carbocycles. The summed E-state index contributed by atoms with van der Waals surface area (Å²) in [5.74, 6) is -0.736. The summed E-state index contributed by atoms with van der Waals surface area (Å²) in [6, 6.07) is 11.8. The van der Waals surface area contributed by atoms with E-state index in [0.717, 1.165) is 16.7 Å². The maximum atomic E-state index is 13.5. The first-order valence-electron chi connectivity index (χ1n) is 7.19. The van der Waals surface area contributed by atoms with Crippen molar-refractivity contribution in [3.63, 3.8) is 0 Å². The van der Waals surface area contributed by atoms with Crippen LogP contribution >= 0.6 is 0 Å². The number of hydrogen-bond donors (Lipinski definition) is 1. The zero-order valence-corrected chi connectivity index (χ0v) is 12.8. The van der Waals surface area contributed by atoms with Crippen molar-refractivity contribution in [2.45, 2.75) is 19.4 Å². The van der Waals surface area contributed by atoms with Crippen molar-refractivity contribution in [2.75, 3.05) is 11.9 Å². The van der Waals surface area contributed by atoms with Gasteiger partial charge >= 0.3 is 0 Å². The number of rotatable bonds is 1. The molecule has 1 amide bonds. The molecule has 1 aliphatic rings. The Kier molecular flexibility index (Phi) is 3.63. The Morgan fingerprint density at radius 2 is 1.91 bits per heavy atom. The van der Waals surface area contributed by atoms with Crippen LogP contribution in [0.5, 0.6) is 0 Å². The molecule has 2 aromatic rings. The number of anilines is 1. The van der Waals surface area contributed by atoms with Crippen LogP contribution in [-0.4, -0.2) is 12.5 Å². The zero-order valence-electron chi connectivity index (χ0n) is 12.8. The van der Waals surface area contributed by atoms with Gasteiger partial charge in [0.1, 0.15) is 18.5 Å². The fraction of sp³-hybridized carbons (Fsp3) is 0.222. The number of halogens is 1. The molecule has 116 valence electrons. The summed E-state index contributed by atoms with van der Waals surface area (Å²) in [5.41, 5.74) is 2.46. The monoisotopic (exact) mass is 310 g/mol. The molecule has 0 saturated heterocycles. The van der Waals surface area contributed by atoms with Crippen LogP contribution in [0.4, 0.5) is 10.1 Å². The Bertz CT molecular complexity index is 837. The second-order valence-corrected chi connectivity index (χ2v) is 5.91. The predicted molar refractivity (Wildman–Crippen MR) is 84.2 cm³/mol. The van der Waals surface area contributed by atoms with Gasteiger partial charge in [-0.25, -0.2) is 4.39 Å². The van der Waals surface area contributed by atoms with Crippen LogP contribution in [-0.2, 0) is 15.1 Å². The molecule has 2 aromatic carbocycles. The van der Waals surface area contributed by atoms with Gasteiger partial charge in [-0.15, -0.1) is 0 Å². The second-order valence-electron chi connectivity index (χ2n) is 5.91. The van der Waals surface area contributed by atoms with E-state index < -0.39 is 11.4 Å². The molecule has 0 bridgehead atoms. The van der Waals surface area contributed by atoms with Crippen molar-refractivity contribution in [1.29, 1.82) is 5.26 Å². The van der Waals surface area contributed by atoms with Crippen LogP contribution in [0.3, 0.4) is 0 Å². The fourth-order valence-electron chi connectivity index (χ4n) is 2.63. The number of carbonyl (C=O) groups excluding carboxylic acids is 1. The molecule has 0 atom stereocenters. The lowest BCUT2D eigenvalue weighted by molar-refractivity contribution is -0.125. The molecule has 5 heteroatoms. The number of fused-ring (bicyclic) bond motifs is 1. The smallest absolute Gasteiger partial charge is 0.250 e. The molecule has 0 saturated carbocycles. The first kappa shape index (κ1) is 15.2. The third-order valence-corrected chi connectivity index (χ3v) is 3.93. The van der Waals surface area contributed by atoms with E-state index in [0.29, 0.717) is 5.69 Å². The lowest BCUT2D eigenvalue weighted by Crippen LogP contribution is -2.22. The van der Waals surface area contributed by atoms with Gasteiger partial charge in [-0.3, -0.25) is 4.79 Å². The molecule has 0 aromatic heterocycles. The number of carbonyl (C=O) groups is 1. The van der Waals surface area contributed by atoms with Crippen molar-refractivity contribution in [2.24, 2.45) is 0 Å². The second kappa shape index (κ2) is 5.49.